The standard InChI is InChI=1S/C19H24.C8H12.C4H10.2C2H6/c1-14-9-6-7-11-16(14)13-17-15(2)10-8-12-18(17)19(3,4)5;1-4-5-6-7-8(2)3;1-3-4-2;2*1-2/h6-12H,13H2,1-5H3;4-7H,1H2,2-3H3;3-4H2,1-2H3;2*1-2H3/b;6-5-;;;. The first-order valence-corrected chi connectivity index (χ1v) is 13.6. The summed E-state index contributed by atoms with van der Waals surface area (Å²) in [6.07, 6.45) is 11.4. The van der Waals surface area contributed by atoms with Crippen molar-refractivity contribution in [2.24, 2.45) is 0 Å². The molecule has 0 unspecified atom stereocenters. The number of unbranched alkanes of at least 4 members (excludes halogenated alkanes) is 1. The van der Waals surface area contributed by atoms with Gasteiger partial charge in [0.2, 0.25) is 0 Å². The molecule has 0 saturated carbocycles. The van der Waals surface area contributed by atoms with Crippen molar-refractivity contribution in [2.75, 3.05) is 0 Å². The SMILES string of the molecule is C=C/C=C\C=C(C)C.CC.CC.CCCC.Cc1ccccc1Cc1c(C)cccc1C(C)(C)C. The molecule has 0 fully saturated rings. The highest BCUT2D eigenvalue weighted by Gasteiger charge is 2.19. The topological polar surface area (TPSA) is 0 Å². The molecule has 0 heteroatoms. The molecular formula is C35H58. The van der Waals surface area contributed by atoms with Gasteiger partial charge in [-0.2, -0.15) is 0 Å². The van der Waals surface area contributed by atoms with E-state index in [0.29, 0.717) is 0 Å². The van der Waals surface area contributed by atoms with Crippen molar-refractivity contribution in [1.29, 1.82) is 0 Å². The Morgan fingerprint density at radius 1 is 0.771 bits per heavy atom. The second-order valence-electron chi connectivity index (χ2n) is 9.32. The van der Waals surface area contributed by atoms with Crippen molar-refractivity contribution in [1.82, 2.24) is 0 Å². The van der Waals surface area contributed by atoms with Crippen molar-refractivity contribution < 1.29 is 0 Å². The fraction of sp³-hybridized carbons (Fsp3) is 0.486. The van der Waals surface area contributed by atoms with Gasteiger partial charge in [-0.05, 0) is 67.3 Å². The first kappa shape index (κ1) is 37.2. The second-order valence-corrected chi connectivity index (χ2v) is 9.32. The average molecular weight is 479 g/mol. The number of rotatable bonds is 5. The zero-order valence-corrected chi connectivity index (χ0v) is 25.7. The van der Waals surface area contributed by atoms with Crippen LogP contribution < -0.4 is 0 Å². The summed E-state index contributed by atoms with van der Waals surface area (Å²) in [5.74, 6) is 0. The van der Waals surface area contributed by atoms with Crippen molar-refractivity contribution >= 4 is 0 Å². The molecule has 0 heterocycles. The maximum absolute atomic E-state index is 3.54. The van der Waals surface area contributed by atoms with Gasteiger partial charge in [-0.3, -0.25) is 0 Å². The Balaban J connectivity index is -0.000000533. The van der Waals surface area contributed by atoms with E-state index in [1.54, 1.807) is 6.08 Å². The predicted octanol–water partition coefficient (Wildman–Crippen LogP) is 11.7. The Morgan fingerprint density at radius 3 is 1.71 bits per heavy atom. The lowest BCUT2D eigenvalue weighted by Crippen LogP contribution is -2.15. The van der Waals surface area contributed by atoms with E-state index in [2.05, 4.69) is 111 Å². The largest absolute Gasteiger partial charge is 0.0991 e. The van der Waals surface area contributed by atoms with Crippen LogP contribution in [0.3, 0.4) is 0 Å². The molecule has 0 amide bonds. The predicted molar refractivity (Wildman–Crippen MR) is 166 cm³/mol. The summed E-state index contributed by atoms with van der Waals surface area (Å²) in [4.78, 5) is 0. The quantitative estimate of drug-likeness (QED) is 0.375. The Hall–Kier alpha value is -2.34. The Labute approximate surface area is 221 Å². The molecule has 0 spiro atoms. The summed E-state index contributed by atoms with van der Waals surface area (Å²) >= 11 is 0. The minimum Gasteiger partial charge on any atom is -0.0991 e. The van der Waals surface area contributed by atoms with E-state index in [0.717, 1.165) is 6.42 Å². The van der Waals surface area contributed by atoms with Crippen molar-refractivity contribution in [3.63, 3.8) is 0 Å². The minimum atomic E-state index is 0.198. The summed E-state index contributed by atoms with van der Waals surface area (Å²) in [5, 5.41) is 0. The number of hydrogen-bond donors (Lipinski definition) is 0. The van der Waals surface area contributed by atoms with Crippen molar-refractivity contribution in [3.8, 4) is 0 Å². The normalized spacial score (nSPS) is 9.63. The van der Waals surface area contributed by atoms with Crippen LogP contribution in [0.4, 0.5) is 0 Å². The Kier molecular flexibility index (Phi) is 24.9. The summed E-state index contributed by atoms with van der Waals surface area (Å²) in [6, 6.07) is 15.4. The van der Waals surface area contributed by atoms with Crippen molar-refractivity contribution in [3.05, 3.63) is 107 Å². The van der Waals surface area contributed by atoms with Crippen LogP contribution in [-0.2, 0) is 11.8 Å². The summed E-state index contributed by atoms with van der Waals surface area (Å²) in [5.41, 5.74) is 8.68. The summed E-state index contributed by atoms with van der Waals surface area (Å²) in [7, 11) is 0. The maximum Gasteiger partial charge on any atom is -0.00176 e. The van der Waals surface area contributed by atoms with E-state index in [9.17, 15) is 0 Å². The van der Waals surface area contributed by atoms with E-state index in [4.69, 9.17) is 0 Å². The Bertz CT molecular complexity index is 819. The monoisotopic (exact) mass is 478 g/mol. The number of benzene rings is 2. The number of allylic oxidation sites excluding steroid dienone is 5. The summed E-state index contributed by atoms with van der Waals surface area (Å²) < 4.78 is 0. The zero-order valence-electron chi connectivity index (χ0n) is 25.7. The Morgan fingerprint density at radius 2 is 1.29 bits per heavy atom. The van der Waals surface area contributed by atoms with Crippen LogP contribution in [0.2, 0.25) is 0 Å². The molecule has 2 aromatic carbocycles. The lowest BCUT2D eigenvalue weighted by atomic mass is 9.80. The van der Waals surface area contributed by atoms with Gasteiger partial charge in [0.15, 0.2) is 0 Å². The van der Waals surface area contributed by atoms with Gasteiger partial charge in [0, 0.05) is 0 Å². The minimum absolute atomic E-state index is 0.198. The fourth-order valence-electron chi connectivity index (χ4n) is 2.97. The van der Waals surface area contributed by atoms with Gasteiger partial charge >= 0.3 is 0 Å². The molecule has 0 aliphatic heterocycles. The second kappa shape index (κ2) is 23.4. The van der Waals surface area contributed by atoms with Crippen LogP contribution in [-0.4, -0.2) is 0 Å². The average Bonchev–Trinajstić information content (AvgIpc) is 2.84. The highest BCUT2D eigenvalue weighted by Crippen LogP contribution is 2.30. The molecule has 0 N–H and O–H groups in total. The molecule has 0 aliphatic rings. The third-order valence-electron chi connectivity index (χ3n) is 5.02. The third kappa shape index (κ3) is 18.6. The highest BCUT2D eigenvalue weighted by atomic mass is 14.2. The van der Waals surface area contributed by atoms with E-state index in [1.165, 1.54) is 46.2 Å². The molecule has 0 saturated heterocycles. The van der Waals surface area contributed by atoms with Gasteiger partial charge in [0.1, 0.15) is 0 Å². The van der Waals surface area contributed by atoms with Gasteiger partial charge in [-0.1, -0.05) is 154 Å². The van der Waals surface area contributed by atoms with Gasteiger partial charge in [0.05, 0.1) is 0 Å². The molecule has 0 bridgehead atoms. The van der Waals surface area contributed by atoms with Gasteiger partial charge in [0.25, 0.3) is 0 Å². The molecule has 0 radical (unpaired) electrons. The van der Waals surface area contributed by atoms with E-state index >= 15 is 0 Å². The summed E-state index contributed by atoms with van der Waals surface area (Å²) in [6.45, 7) is 31.3. The smallest absolute Gasteiger partial charge is 0.00176 e. The van der Waals surface area contributed by atoms with Crippen LogP contribution in [0.5, 0.6) is 0 Å². The van der Waals surface area contributed by atoms with E-state index in [1.807, 2.05) is 45.9 Å². The molecule has 0 nitrogen and oxygen atoms in total. The van der Waals surface area contributed by atoms with Crippen LogP contribution in [0.1, 0.15) is 117 Å². The van der Waals surface area contributed by atoms with Gasteiger partial charge in [-0.15, -0.1) is 0 Å². The van der Waals surface area contributed by atoms with Crippen molar-refractivity contribution in [2.45, 2.75) is 115 Å². The molecule has 2 aromatic rings. The van der Waals surface area contributed by atoms with E-state index in [-0.39, 0.29) is 5.41 Å². The third-order valence-corrected chi connectivity index (χ3v) is 5.02. The molecule has 35 heavy (non-hydrogen) atoms. The van der Waals surface area contributed by atoms with E-state index < -0.39 is 0 Å². The number of aryl methyl sites for hydroxylation is 2. The molecule has 198 valence electrons. The molecular weight excluding hydrogens is 420 g/mol. The number of hydrogen-bond acceptors (Lipinski definition) is 0. The lowest BCUT2D eigenvalue weighted by Gasteiger charge is -2.25. The van der Waals surface area contributed by atoms with Crippen LogP contribution >= 0.6 is 0 Å². The van der Waals surface area contributed by atoms with Gasteiger partial charge < -0.3 is 0 Å². The van der Waals surface area contributed by atoms with Gasteiger partial charge in [-0.25, -0.2) is 0 Å². The molecule has 0 aromatic heterocycles. The fourth-order valence-corrected chi connectivity index (χ4v) is 2.97. The van der Waals surface area contributed by atoms with Crippen LogP contribution in [0.15, 0.2) is 78.9 Å². The van der Waals surface area contributed by atoms with Crippen LogP contribution in [0.25, 0.3) is 0 Å². The molecule has 2 rings (SSSR count). The first-order valence-electron chi connectivity index (χ1n) is 13.6. The lowest BCUT2D eigenvalue weighted by molar-refractivity contribution is 0.583. The highest BCUT2D eigenvalue weighted by molar-refractivity contribution is 5.43. The first-order chi connectivity index (χ1) is 16.6. The molecule has 0 atom stereocenters. The van der Waals surface area contributed by atoms with Crippen LogP contribution in [0, 0.1) is 13.8 Å². The zero-order chi connectivity index (χ0) is 27.9. The maximum atomic E-state index is 3.54. The molecule has 0 aliphatic carbocycles.